The van der Waals surface area contributed by atoms with Gasteiger partial charge in [0.05, 0.1) is 0 Å². The molecule has 0 heterocycles. The SMILES string of the molecule is CC(CCc1ccc(Br)c2ccccc12)CC(=O)O. The van der Waals surface area contributed by atoms with Crippen LogP contribution in [0.3, 0.4) is 0 Å². The highest BCUT2D eigenvalue weighted by atomic mass is 79.9. The van der Waals surface area contributed by atoms with Crippen LogP contribution >= 0.6 is 15.9 Å². The molecule has 3 heteroatoms. The smallest absolute Gasteiger partial charge is 0.303 e. The summed E-state index contributed by atoms with van der Waals surface area (Å²) in [5.74, 6) is -0.506. The van der Waals surface area contributed by atoms with E-state index < -0.39 is 5.97 Å². The molecule has 2 aromatic rings. The van der Waals surface area contributed by atoms with E-state index in [1.54, 1.807) is 0 Å². The normalized spacial score (nSPS) is 12.5. The molecule has 2 rings (SSSR count). The predicted octanol–water partition coefficient (Wildman–Crippen LogP) is 4.65. The Hall–Kier alpha value is -1.35. The molecule has 0 spiro atoms. The summed E-state index contributed by atoms with van der Waals surface area (Å²) in [5.41, 5.74) is 1.29. The van der Waals surface area contributed by atoms with Crippen LogP contribution in [0.25, 0.3) is 10.8 Å². The molecular formula is C16H17BrO2. The molecule has 0 aliphatic carbocycles. The number of hydrogen-bond donors (Lipinski definition) is 1. The average molecular weight is 321 g/mol. The minimum absolute atomic E-state index is 0.208. The lowest BCUT2D eigenvalue weighted by Gasteiger charge is -2.11. The molecule has 0 saturated heterocycles. The molecule has 1 unspecified atom stereocenters. The van der Waals surface area contributed by atoms with Crippen LogP contribution < -0.4 is 0 Å². The molecule has 1 N–H and O–H groups in total. The Morgan fingerprint density at radius 3 is 2.58 bits per heavy atom. The van der Waals surface area contributed by atoms with Gasteiger partial charge in [-0.1, -0.05) is 53.2 Å². The number of carboxylic acid groups (broad SMARTS) is 1. The molecule has 0 bridgehead atoms. The second-order valence-electron chi connectivity index (χ2n) is 4.99. The minimum atomic E-state index is -0.715. The van der Waals surface area contributed by atoms with Crippen LogP contribution in [0.4, 0.5) is 0 Å². The Labute approximate surface area is 121 Å². The zero-order valence-corrected chi connectivity index (χ0v) is 12.5. The van der Waals surface area contributed by atoms with Crippen LogP contribution in [0.5, 0.6) is 0 Å². The lowest BCUT2D eigenvalue weighted by atomic mass is 9.95. The van der Waals surface area contributed by atoms with Gasteiger partial charge >= 0.3 is 5.97 Å². The average Bonchev–Trinajstić information content (AvgIpc) is 2.37. The molecule has 0 fully saturated rings. The van der Waals surface area contributed by atoms with Gasteiger partial charge in [-0.05, 0) is 41.2 Å². The molecule has 0 saturated carbocycles. The molecular weight excluding hydrogens is 304 g/mol. The van der Waals surface area contributed by atoms with Crippen molar-refractivity contribution in [1.82, 2.24) is 0 Å². The second kappa shape index (κ2) is 6.20. The summed E-state index contributed by atoms with van der Waals surface area (Å²) >= 11 is 3.57. The Morgan fingerprint density at radius 2 is 1.89 bits per heavy atom. The molecule has 0 amide bonds. The summed E-state index contributed by atoms with van der Waals surface area (Å²) in [6.07, 6.45) is 2.06. The molecule has 19 heavy (non-hydrogen) atoms. The number of aliphatic carboxylic acids is 1. The summed E-state index contributed by atoms with van der Waals surface area (Å²) in [7, 11) is 0. The van der Waals surface area contributed by atoms with Gasteiger partial charge in [0.25, 0.3) is 0 Å². The van der Waals surface area contributed by atoms with Gasteiger partial charge in [-0.2, -0.15) is 0 Å². The van der Waals surface area contributed by atoms with Crippen molar-refractivity contribution in [1.29, 1.82) is 0 Å². The number of carbonyl (C=O) groups is 1. The Kier molecular flexibility index (Phi) is 4.59. The van der Waals surface area contributed by atoms with Crippen LogP contribution in [-0.2, 0) is 11.2 Å². The molecule has 100 valence electrons. The summed E-state index contributed by atoms with van der Waals surface area (Å²) in [4.78, 5) is 10.7. The van der Waals surface area contributed by atoms with E-state index in [1.165, 1.54) is 16.3 Å². The van der Waals surface area contributed by atoms with E-state index >= 15 is 0 Å². The second-order valence-corrected chi connectivity index (χ2v) is 5.85. The number of fused-ring (bicyclic) bond motifs is 1. The summed E-state index contributed by atoms with van der Waals surface area (Å²) in [6.45, 7) is 2.00. The van der Waals surface area contributed by atoms with Crippen molar-refractivity contribution in [3.05, 3.63) is 46.4 Å². The first-order valence-corrected chi connectivity index (χ1v) is 7.25. The van der Waals surface area contributed by atoms with E-state index in [2.05, 4.69) is 40.2 Å². The first kappa shape index (κ1) is 14.1. The van der Waals surface area contributed by atoms with Crippen molar-refractivity contribution in [2.75, 3.05) is 0 Å². The van der Waals surface area contributed by atoms with E-state index in [4.69, 9.17) is 5.11 Å². The number of aryl methyl sites for hydroxylation is 1. The standard InChI is InChI=1S/C16H17BrO2/c1-11(10-16(18)19)6-7-12-8-9-15(17)14-5-3-2-4-13(12)14/h2-5,8-9,11H,6-7,10H2,1H3,(H,18,19). The van der Waals surface area contributed by atoms with Crippen molar-refractivity contribution in [3.8, 4) is 0 Å². The third-order valence-corrected chi connectivity index (χ3v) is 4.08. The maximum Gasteiger partial charge on any atom is 0.303 e. The van der Waals surface area contributed by atoms with E-state index in [0.29, 0.717) is 0 Å². The van der Waals surface area contributed by atoms with E-state index in [0.717, 1.165) is 17.3 Å². The number of hydrogen-bond acceptors (Lipinski definition) is 1. The zero-order valence-electron chi connectivity index (χ0n) is 10.9. The van der Waals surface area contributed by atoms with Crippen molar-refractivity contribution in [2.24, 2.45) is 5.92 Å². The molecule has 1 atom stereocenters. The first-order chi connectivity index (χ1) is 9.08. The van der Waals surface area contributed by atoms with Gasteiger partial charge in [-0.25, -0.2) is 0 Å². The third kappa shape index (κ3) is 3.57. The van der Waals surface area contributed by atoms with Crippen molar-refractivity contribution < 1.29 is 9.90 Å². The third-order valence-electron chi connectivity index (χ3n) is 3.39. The summed E-state index contributed by atoms with van der Waals surface area (Å²) in [6, 6.07) is 12.5. The van der Waals surface area contributed by atoms with Gasteiger partial charge in [0, 0.05) is 10.9 Å². The fourth-order valence-corrected chi connectivity index (χ4v) is 2.82. The zero-order chi connectivity index (χ0) is 13.8. The van der Waals surface area contributed by atoms with Crippen LogP contribution in [0.1, 0.15) is 25.3 Å². The van der Waals surface area contributed by atoms with E-state index in [9.17, 15) is 4.79 Å². The largest absolute Gasteiger partial charge is 0.481 e. The van der Waals surface area contributed by atoms with Gasteiger partial charge in [0.15, 0.2) is 0 Å². The first-order valence-electron chi connectivity index (χ1n) is 6.46. The molecule has 0 radical (unpaired) electrons. The van der Waals surface area contributed by atoms with Gasteiger partial charge in [-0.15, -0.1) is 0 Å². The lowest BCUT2D eigenvalue weighted by Crippen LogP contribution is -2.05. The van der Waals surface area contributed by atoms with Crippen LogP contribution in [0.2, 0.25) is 0 Å². The quantitative estimate of drug-likeness (QED) is 0.870. The van der Waals surface area contributed by atoms with Gasteiger partial charge in [-0.3, -0.25) is 4.79 Å². The van der Waals surface area contributed by atoms with Crippen molar-refractivity contribution in [3.63, 3.8) is 0 Å². The summed E-state index contributed by atoms with van der Waals surface area (Å²) in [5, 5.41) is 11.2. The fraction of sp³-hybridized carbons (Fsp3) is 0.312. The molecule has 2 nitrogen and oxygen atoms in total. The Balaban J connectivity index is 2.17. The highest BCUT2D eigenvalue weighted by molar-refractivity contribution is 9.10. The topological polar surface area (TPSA) is 37.3 Å². The number of benzene rings is 2. The van der Waals surface area contributed by atoms with Crippen LogP contribution in [-0.4, -0.2) is 11.1 Å². The van der Waals surface area contributed by atoms with Gasteiger partial charge < -0.3 is 5.11 Å². The lowest BCUT2D eigenvalue weighted by molar-refractivity contribution is -0.138. The van der Waals surface area contributed by atoms with Gasteiger partial charge in [0.1, 0.15) is 0 Å². The van der Waals surface area contributed by atoms with Crippen LogP contribution in [0, 0.1) is 5.92 Å². The molecule has 0 aliphatic rings. The van der Waals surface area contributed by atoms with Crippen molar-refractivity contribution >= 4 is 32.7 Å². The number of carboxylic acids is 1. The Bertz CT molecular complexity index is 592. The van der Waals surface area contributed by atoms with Gasteiger partial charge in [0.2, 0.25) is 0 Å². The minimum Gasteiger partial charge on any atom is -0.481 e. The molecule has 2 aromatic carbocycles. The monoisotopic (exact) mass is 320 g/mol. The fourth-order valence-electron chi connectivity index (χ4n) is 2.34. The van der Waals surface area contributed by atoms with Crippen molar-refractivity contribution in [2.45, 2.75) is 26.2 Å². The van der Waals surface area contributed by atoms with E-state index in [-0.39, 0.29) is 12.3 Å². The molecule has 0 aromatic heterocycles. The maximum absolute atomic E-state index is 10.7. The maximum atomic E-state index is 10.7. The highest BCUT2D eigenvalue weighted by Crippen LogP contribution is 2.28. The number of rotatable bonds is 5. The molecule has 0 aliphatic heterocycles. The van der Waals surface area contributed by atoms with E-state index in [1.807, 2.05) is 19.1 Å². The summed E-state index contributed by atoms with van der Waals surface area (Å²) < 4.78 is 1.10. The predicted molar refractivity (Wildman–Crippen MR) is 81.4 cm³/mol. The van der Waals surface area contributed by atoms with Crippen LogP contribution in [0.15, 0.2) is 40.9 Å². The Morgan fingerprint density at radius 1 is 1.21 bits per heavy atom. The highest BCUT2D eigenvalue weighted by Gasteiger charge is 2.09. The number of halogens is 1.